The van der Waals surface area contributed by atoms with Crippen LogP contribution >= 0.6 is 0 Å². The molecule has 94 valence electrons. The van der Waals surface area contributed by atoms with Gasteiger partial charge in [-0.25, -0.2) is 0 Å². The molecular weight excluding hydrogens is 231 g/mol. The Morgan fingerprint density at radius 3 is 2.82 bits per heavy atom. The highest BCUT2D eigenvalue weighted by molar-refractivity contribution is 5.42. The molecule has 17 heavy (non-hydrogen) atoms. The molecule has 0 bridgehead atoms. The highest BCUT2D eigenvalue weighted by atomic mass is 19.4. The SMILES string of the molecule is CCC1Cc2c(cccc2OC(F)(F)F)CN1. The second-order valence-corrected chi connectivity index (χ2v) is 4.13. The van der Waals surface area contributed by atoms with E-state index >= 15 is 0 Å². The Kier molecular flexibility index (Phi) is 3.28. The molecule has 0 saturated carbocycles. The van der Waals surface area contributed by atoms with Crippen LogP contribution in [0.1, 0.15) is 24.5 Å². The first kappa shape index (κ1) is 12.2. The zero-order chi connectivity index (χ0) is 12.5. The van der Waals surface area contributed by atoms with Gasteiger partial charge in [0.1, 0.15) is 5.75 Å². The van der Waals surface area contributed by atoms with Crippen molar-refractivity contribution in [2.45, 2.75) is 38.7 Å². The van der Waals surface area contributed by atoms with Crippen LogP contribution in [0.2, 0.25) is 0 Å². The summed E-state index contributed by atoms with van der Waals surface area (Å²) in [5.41, 5.74) is 1.56. The molecule has 0 radical (unpaired) electrons. The lowest BCUT2D eigenvalue weighted by Gasteiger charge is -2.27. The molecule has 1 aromatic rings. The summed E-state index contributed by atoms with van der Waals surface area (Å²) in [6.07, 6.45) is -3.15. The van der Waals surface area contributed by atoms with Crippen LogP contribution in [-0.4, -0.2) is 12.4 Å². The standard InChI is InChI=1S/C12H14F3NO/c1-2-9-6-10-8(7-16-9)4-3-5-11(10)17-12(13,14)15/h3-5,9,16H,2,6-7H2,1H3. The number of fused-ring (bicyclic) bond motifs is 1. The van der Waals surface area contributed by atoms with Gasteiger partial charge in [-0.1, -0.05) is 19.1 Å². The summed E-state index contributed by atoms with van der Waals surface area (Å²) in [7, 11) is 0. The van der Waals surface area contributed by atoms with Gasteiger partial charge in [0.05, 0.1) is 0 Å². The van der Waals surface area contributed by atoms with Gasteiger partial charge in [0, 0.05) is 18.2 Å². The molecule has 1 heterocycles. The monoisotopic (exact) mass is 245 g/mol. The Balaban J connectivity index is 2.29. The van der Waals surface area contributed by atoms with E-state index in [1.807, 2.05) is 13.0 Å². The van der Waals surface area contributed by atoms with Crippen LogP contribution < -0.4 is 10.1 Å². The van der Waals surface area contributed by atoms with Gasteiger partial charge in [-0.3, -0.25) is 0 Å². The fourth-order valence-electron chi connectivity index (χ4n) is 2.09. The van der Waals surface area contributed by atoms with Crippen LogP contribution in [0.4, 0.5) is 13.2 Å². The lowest BCUT2D eigenvalue weighted by Crippen LogP contribution is -2.35. The lowest BCUT2D eigenvalue weighted by molar-refractivity contribution is -0.275. The Hall–Kier alpha value is -1.23. The fourth-order valence-corrected chi connectivity index (χ4v) is 2.09. The minimum Gasteiger partial charge on any atom is -0.405 e. The molecule has 0 saturated heterocycles. The summed E-state index contributed by atoms with van der Waals surface area (Å²) in [5, 5.41) is 3.28. The van der Waals surface area contributed by atoms with Crippen LogP contribution in [0, 0.1) is 0 Å². The number of halogens is 3. The minimum atomic E-state index is -4.62. The zero-order valence-corrected chi connectivity index (χ0v) is 9.47. The van der Waals surface area contributed by atoms with Crippen molar-refractivity contribution < 1.29 is 17.9 Å². The first-order valence-corrected chi connectivity index (χ1v) is 5.59. The number of nitrogens with one attached hydrogen (secondary N) is 1. The van der Waals surface area contributed by atoms with Crippen molar-refractivity contribution in [2.75, 3.05) is 0 Å². The first-order chi connectivity index (χ1) is 7.99. The van der Waals surface area contributed by atoms with Crippen molar-refractivity contribution in [3.63, 3.8) is 0 Å². The van der Waals surface area contributed by atoms with Crippen molar-refractivity contribution in [2.24, 2.45) is 0 Å². The molecule has 1 N–H and O–H groups in total. The summed E-state index contributed by atoms with van der Waals surface area (Å²) >= 11 is 0. The maximum atomic E-state index is 12.3. The topological polar surface area (TPSA) is 21.3 Å². The molecule has 1 unspecified atom stereocenters. The van der Waals surface area contributed by atoms with Crippen LogP contribution in [0.5, 0.6) is 5.75 Å². The second kappa shape index (κ2) is 4.56. The molecule has 0 spiro atoms. The smallest absolute Gasteiger partial charge is 0.405 e. The van der Waals surface area contributed by atoms with E-state index < -0.39 is 6.36 Å². The predicted octanol–water partition coefficient (Wildman–Crippen LogP) is 3.01. The highest BCUT2D eigenvalue weighted by Gasteiger charge is 2.33. The number of hydrogen-bond donors (Lipinski definition) is 1. The number of rotatable bonds is 2. The van der Waals surface area contributed by atoms with Gasteiger partial charge < -0.3 is 10.1 Å². The third-order valence-electron chi connectivity index (χ3n) is 2.98. The van der Waals surface area contributed by atoms with E-state index in [0.29, 0.717) is 18.5 Å². The van der Waals surface area contributed by atoms with Gasteiger partial charge in [-0.2, -0.15) is 0 Å². The van der Waals surface area contributed by atoms with Crippen LogP contribution in [0.25, 0.3) is 0 Å². The lowest BCUT2D eigenvalue weighted by atomic mass is 9.94. The molecule has 1 atom stereocenters. The normalized spacial score (nSPS) is 19.9. The average molecular weight is 245 g/mol. The number of ether oxygens (including phenoxy) is 1. The Morgan fingerprint density at radius 1 is 1.41 bits per heavy atom. The zero-order valence-electron chi connectivity index (χ0n) is 9.47. The first-order valence-electron chi connectivity index (χ1n) is 5.59. The van der Waals surface area contributed by atoms with E-state index in [9.17, 15) is 13.2 Å². The molecule has 0 fully saturated rings. The molecule has 0 amide bonds. The molecule has 0 aliphatic carbocycles. The van der Waals surface area contributed by atoms with Crippen LogP contribution in [0.15, 0.2) is 18.2 Å². The second-order valence-electron chi connectivity index (χ2n) is 4.13. The summed E-state index contributed by atoms with van der Waals surface area (Å²) in [5.74, 6) is -0.0602. The van der Waals surface area contributed by atoms with Gasteiger partial charge in [0.25, 0.3) is 0 Å². The van der Waals surface area contributed by atoms with E-state index in [1.54, 1.807) is 6.07 Å². The molecule has 2 rings (SSSR count). The molecule has 1 aliphatic rings. The maximum absolute atomic E-state index is 12.3. The fraction of sp³-hybridized carbons (Fsp3) is 0.500. The van der Waals surface area contributed by atoms with E-state index in [0.717, 1.165) is 12.0 Å². The van der Waals surface area contributed by atoms with Gasteiger partial charge in [-0.15, -0.1) is 13.2 Å². The predicted molar refractivity (Wildman–Crippen MR) is 57.7 cm³/mol. The summed E-state index contributed by atoms with van der Waals surface area (Å²) in [4.78, 5) is 0. The molecule has 5 heteroatoms. The summed E-state index contributed by atoms with van der Waals surface area (Å²) in [6, 6.07) is 5.02. The van der Waals surface area contributed by atoms with Gasteiger partial charge >= 0.3 is 6.36 Å². The quantitative estimate of drug-likeness (QED) is 0.864. The average Bonchev–Trinajstić information content (AvgIpc) is 2.27. The molecule has 1 aliphatic heterocycles. The Bertz CT molecular complexity index is 403. The van der Waals surface area contributed by atoms with Gasteiger partial charge in [0.15, 0.2) is 0 Å². The summed E-state index contributed by atoms with van der Waals surface area (Å²) in [6.45, 7) is 2.61. The minimum absolute atomic E-state index is 0.0602. The van der Waals surface area contributed by atoms with E-state index in [4.69, 9.17) is 0 Å². The van der Waals surface area contributed by atoms with E-state index in [2.05, 4.69) is 10.1 Å². The van der Waals surface area contributed by atoms with E-state index in [-0.39, 0.29) is 11.8 Å². The van der Waals surface area contributed by atoms with Crippen molar-refractivity contribution in [3.8, 4) is 5.75 Å². The van der Waals surface area contributed by atoms with Crippen molar-refractivity contribution in [1.29, 1.82) is 0 Å². The van der Waals surface area contributed by atoms with Gasteiger partial charge in [-0.05, 0) is 24.5 Å². The third-order valence-corrected chi connectivity index (χ3v) is 2.98. The number of benzene rings is 1. The number of alkyl halides is 3. The van der Waals surface area contributed by atoms with E-state index in [1.165, 1.54) is 6.07 Å². The van der Waals surface area contributed by atoms with Crippen molar-refractivity contribution >= 4 is 0 Å². The van der Waals surface area contributed by atoms with Gasteiger partial charge in [0.2, 0.25) is 0 Å². The largest absolute Gasteiger partial charge is 0.573 e. The van der Waals surface area contributed by atoms with Crippen molar-refractivity contribution in [3.05, 3.63) is 29.3 Å². The summed E-state index contributed by atoms with van der Waals surface area (Å²) < 4.78 is 40.8. The number of hydrogen-bond acceptors (Lipinski definition) is 2. The highest BCUT2D eigenvalue weighted by Crippen LogP contribution is 2.31. The molecule has 1 aromatic carbocycles. The third kappa shape index (κ3) is 2.91. The Labute approximate surface area is 97.8 Å². The van der Waals surface area contributed by atoms with Crippen molar-refractivity contribution in [1.82, 2.24) is 5.32 Å². The van der Waals surface area contributed by atoms with Crippen LogP contribution in [0.3, 0.4) is 0 Å². The maximum Gasteiger partial charge on any atom is 0.573 e. The molecule has 2 nitrogen and oxygen atoms in total. The van der Waals surface area contributed by atoms with Crippen LogP contribution in [-0.2, 0) is 13.0 Å². The molecular formula is C12H14F3NO. The molecule has 0 aromatic heterocycles. The Morgan fingerprint density at radius 2 is 2.18 bits per heavy atom.